The maximum atomic E-state index is 12.0. The number of alkyl halides is 3. The van der Waals surface area contributed by atoms with Crippen molar-refractivity contribution in [2.24, 2.45) is 5.73 Å². The second kappa shape index (κ2) is 4.54. The van der Waals surface area contributed by atoms with E-state index >= 15 is 0 Å². The Hall–Kier alpha value is -1.54. The molecule has 8 heteroatoms. The van der Waals surface area contributed by atoms with Crippen LogP contribution in [0.4, 0.5) is 18.9 Å². The van der Waals surface area contributed by atoms with Crippen molar-refractivity contribution in [3.05, 3.63) is 17.5 Å². The molecule has 5 nitrogen and oxygen atoms in total. The molecule has 0 fully saturated rings. The minimum Gasteiger partial charge on any atom is -0.402 e. The Morgan fingerprint density at radius 2 is 2.06 bits per heavy atom. The predicted octanol–water partition coefficient (Wildman–Crippen LogP) is 0.513. The summed E-state index contributed by atoms with van der Waals surface area (Å²) in [6.07, 6.45) is -4.86. The van der Waals surface area contributed by atoms with Gasteiger partial charge >= 0.3 is 6.36 Å². The molecule has 0 spiro atoms. The van der Waals surface area contributed by atoms with E-state index < -0.39 is 18.7 Å². The van der Waals surface area contributed by atoms with Gasteiger partial charge in [-0.2, -0.15) is 0 Å². The molecular formula is C8H10F3N3O2. The van der Waals surface area contributed by atoms with E-state index in [2.05, 4.69) is 9.72 Å². The summed E-state index contributed by atoms with van der Waals surface area (Å²) in [7, 11) is 0. The third-order valence-corrected chi connectivity index (χ3v) is 1.70. The van der Waals surface area contributed by atoms with Crippen LogP contribution in [0.2, 0.25) is 0 Å². The SMILES string of the molecule is NCc1nc(CO)cc(N)c1OC(F)(F)F. The molecule has 1 heterocycles. The van der Waals surface area contributed by atoms with Gasteiger partial charge in [-0.05, 0) is 6.07 Å². The second-order valence-electron chi connectivity index (χ2n) is 2.89. The summed E-state index contributed by atoms with van der Waals surface area (Å²) in [5, 5.41) is 8.78. The smallest absolute Gasteiger partial charge is 0.402 e. The highest BCUT2D eigenvalue weighted by Gasteiger charge is 2.33. The molecule has 16 heavy (non-hydrogen) atoms. The van der Waals surface area contributed by atoms with E-state index in [0.29, 0.717) is 0 Å². The van der Waals surface area contributed by atoms with Gasteiger partial charge in [0.15, 0.2) is 5.75 Å². The Morgan fingerprint density at radius 1 is 1.44 bits per heavy atom. The third-order valence-electron chi connectivity index (χ3n) is 1.70. The summed E-state index contributed by atoms with van der Waals surface area (Å²) in [6, 6.07) is 1.10. The van der Waals surface area contributed by atoms with Crippen molar-refractivity contribution in [1.82, 2.24) is 4.98 Å². The van der Waals surface area contributed by atoms with Crippen LogP contribution < -0.4 is 16.2 Å². The standard InChI is InChI=1S/C8H10F3N3O2/c9-8(10,11)16-7-5(13)1-4(3-15)14-6(7)2-12/h1,15H,2-3,12H2,(H2,13,14). The predicted molar refractivity (Wildman–Crippen MR) is 49.1 cm³/mol. The number of hydrogen-bond acceptors (Lipinski definition) is 5. The fraction of sp³-hybridized carbons (Fsp3) is 0.375. The monoisotopic (exact) mass is 237 g/mol. The Balaban J connectivity index is 3.16. The molecule has 0 aliphatic rings. The Labute approximate surface area is 88.8 Å². The molecule has 0 saturated carbocycles. The Kier molecular flexibility index (Phi) is 3.55. The summed E-state index contributed by atoms with van der Waals surface area (Å²) in [5.74, 6) is -0.618. The van der Waals surface area contributed by atoms with Crippen molar-refractivity contribution >= 4 is 5.69 Å². The fourth-order valence-corrected chi connectivity index (χ4v) is 1.12. The van der Waals surface area contributed by atoms with Gasteiger partial charge in [0.2, 0.25) is 0 Å². The van der Waals surface area contributed by atoms with Crippen LogP contribution in [0.15, 0.2) is 6.07 Å². The number of aliphatic hydroxyl groups excluding tert-OH is 1. The van der Waals surface area contributed by atoms with Crippen LogP contribution in [0.1, 0.15) is 11.4 Å². The molecule has 0 aliphatic carbocycles. The number of aliphatic hydroxyl groups is 1. The largest absolute Gasteiger partial charge is 0.573 e. The highest BCUT2D eigenvalue weighted by atomic mass is 19.4. The van der Waals surface area contributed by atoms with Crippen LogP contribution in [0.5, 0.6) is 5.75 Å². The van der Waals surface area contributed by atoms with Crippen LogP contribution in [0, 0.1) is 0 Å². The summed E-state index contributed by atoms with van der Waals surface area (Å²) in [6.45, 7) is -0.715. The highest BCUT2D eigenvalue weighted by molar-refractivity contribution is 5.55. The number of halogens is 3. The number of nitrogen functional groups attached to an aromatic ring is 1. The van der Waals surface area contributed by atoms with Crippen molar-refractivity contribution < 1.29 is 23.0 Å². The summed E-state index contributed by atoms with van der Waals surface area (Å²) < 4.78 is 39.8. The number of aromatic nitrogens is 1. The van der Waals surface area contributed by atoms with Gasteiger partial charge in [0.05, 0.1) is 23.7 Å². The van der Waals surface area contributed by atoms with Gasteiger partial charge in [-0.1, -0.05) is 0 Å². The van der Waals surface area contributed by atoms with Crippen LogP contribution in [-0.4, -0.2) is 16.5 Å². The zero-order chi connectivity index (χ0) is 12.3. The number of ether oxygens (including phenoxy) is 1. The first kappa shape index (κ1) is 12.5. The van der Waals surface area contributed by atoms with Gasteiger partial charge in [-0.25, -0.2) is 0 Å². The maximum Gasteiger partial charge on any atom is 0.573 e. The molecule has 0 aliphatic heterocycles. The molecule has 0 radical (unpaired) electrons. The topological polar surface area (TPSA) is 94.4 Å². The van der Waals surface area contributed by atoms with E-state index in [0.717, 1.165) is 6.07 Å². The number of anilines is 1. The zero-order valence-electron chi connectivity index (χ0n) is 8.08. The molecule has 0 atom stereocenters. The first-order chi connectivity index (χ1) is 7.37. The molecular weight excluding hydrogens is 227 g/mol. The van der Waals surface area contributed by atoms with Gasteiger partial charge in [0.25, 0.3) is 0 Å². The summed E-state index contributed by atoms with van der Waals surface area (Å²) >= 11 is 0. The first-order valence-electron chi connectivity index (χ1n) is 4.22. The van der Waals surface area contributed by atoms with Gasteiger partial charge in [-0.15, -0.1) is 13.2 Å². The van der Waals surface area contributed by atoms with E-state index in [-0.39, 0.29) is 23.6 Å². The van der Waals surface area contributed by atoms with Crippen molar-refractivity contribution in [3.8, 4) is 5.75 Å². The van der Waals surface area contributed by atoms with E-state index in [1.165, 1.54) is 0 Å². The number of pyridine rings is 1. The fourth-order valence-electron chi connectivity index (χ4n) is 1.12. The average molecular weight is 237 g/mol. The minimum absolute atomic E-state index is 0.132. The van der Waals surface area contributed by atoms with E-state index in [4.69, 9.17) is 16.6 Å². The number of nitrogens with zero attached hydrogens (tertiary/aromatic N) is 1. The van der Waals surface area contributed by atoms with Crippen molar-refractivity contribution in [3.63, 3.8) is 0 Å². The van der Waals surface area contributed by atoms with Gasteiger partial charge in [-0.3, -0.25) is 4.98 Å². The Morgan fingerprint density at radius 3 is 2.50 bits per heavy atom. The molecule has 0 bridgehead atoms. The second-order valence-corrected chi connectivity index (χ2v) is 2.89. The first-order valence-corrected chi connectivity index (χ1v) is 4.22. The zero-order valence-corrected chi connectivity index (χ0v) is 8.08. The van der Waals surface area contributed by atoms with Gasteiger partial charge < -0.3 is 21.3 Å². The molecule has 0 amide bonds. The highest BCUT2D eigenvalue weighted by Crippen LogP contribution is 2.31. The van der Waals surface area contributed by atoms with Crippen molar-refractivity contribution in [2.75, 3.05) is 5.73 Å². The van der Waals surface area contributed by atoms with E-state index in [1.807, 2.05) is 0 Å². The Bertz CT molecular complexity index is 382. The molecule has 0 saturated heterocycles. The quantitative estimate of drug-likeness (QED) is 0.712. The molecule has 1 aromatic rings. The van der Waals surface area contributed by atoms with Crippen LogP contribution in [-0.2, 0) is 13.2 Å². The van der Waals surface area contributed by atoms with Gasteiger partial charge in [0, 0.05) is 6.54 Å². The van der Waals surface area contributed by atoms with Crippen molar-refractivity contribution in [2.45, 2.75) is 19.5 Å². The van der Waals surface area contributed by atoms with E-state index in [9.17, 15) is 13.2 Å². The van der Waals surface area contributed by atoms with Crippen LogP contribution in [0.25, 0.3) is 0 Å². The lowest BCUT2D eigenvalue weighted by atomic mass is 10.2. The van der Waals surface area contributed by atoms with Crippen LogP contribution in [0.3, 0.4) is 0 Å². The molecule has 90 valence electrons. The summed E-state index contributed by atoms with van der Waals surface area (Å²) in [5.41, 5.74) is 10.3. The number of nitrogens with two attached hydrogens (primary N) is 2. The van der Waals surface area contributed by atoms with Gasteiger partial charge in [0.1, 0.15) is 0 Å². The molecule has 1 aromatic heterocycles. The number of rotatable bonds is 3. The maximum absolute atomic E-state index is 12.0. The lowest BCUT2D eigenvalue weighted by Gasteiger charge is -2.14. The molecule has 0 aromatic carbocycles. The summed E-state index contributed by atoms with van der Waals surface area (Å²) in [4.78, 5) is 3.67. The number of hydrogen-bond donors (Lipinski definition) is 3. The lowest BCUT2D eigenvalue weighted by molar-refractivity contribution is -0.274. The normalized spacial score (nSPS) is 11.6. The average Bonchev–Trinajstić information content (AvgIpc) is 2.19. The molecule has 1 rings (SSSR count). The van der Waals surface area contributed by atoms with Crippen molar-refractivity contribution in [1.29, 1.82) is 0 Å². The van der Waals surface area contributed by atoms with Crippen LogP contribution >= 0.6 is 0 Å². The molecule has 5 N–H and O–H groups in total. The molecule has 0 unspecified atom stereocenters. The van der Waals surface area contributed by atoms with E-state index in [1.54, 1.807) is 0 Å². The minimum atomic E-state index is -4.86. The lowest BCUT2D eigenvalue weighted by Crippen LogP contribution is -2.20. The third kappa shape index (κ3) is 2.97.